The first-order valence-corrected chi connectivity index (χ1v) is 8.76. The third-order valence-electron chi connectivity index (χ3n) is 3.57. The lowest BCUT2D eigenvalue weighted by Crippen LogP contribution is -2.18. The van der Waals surface area contributed by atoms with E-state index >= 15 is 0 Å². The van der Waals surface area contributed by atoms with Crippen LogP contribution in [0.15, 0.2) is 76.7 Å². The maximum absolute atomic E-state index is 12.2. The molecule has 3 aromatic rings. The van der Waals surface area contributed by atoms with Crippen LogP contribution in [-0.4, -0.2) is 21.7 Å². The second-order valence-corrected chi connectivity index (χ2v) is 6.73. The number of sulfonamides is 1. The van der Waals surface area contributed by atoms with Gasteiger partial charge in [-0.3, -0.25) is 0 Å². The van der Waals surface area contributed by atoms with E-state index in [2.05, 4.69) is 9.93 Å². The van der Waals surface area contributed by atoms with E-state index in [0.717, 1.165) is 10.8 Å². The average Bonchev–Trinajstić information content (AvgIpc) is 2.62. The minimum Gasteiger partial charge on any atom is -0.496 e. The van der Waals surface area contributed by atoms with Gasteiger partial charge in [0.2, 0.25) is 0 Å². The van der Waals surface area contributed by atoms with Crippen LogP contribution < -0.4 is 9.57 Å². The zero-order valence-corrected chi connectivity index (χ0v) is 13.8. The van der Waals surface area contributed by atoms with Crippen LogP contribution in [0.25, 0.3) is 10.8 Å². The van der Waals surface area contributed by atoms with Crippen LogP contribution >= 0.6 is 0 Å². The van der Waals surface area contributed by atoms with E-state index < -0.39 is 10.0 Å². The smallest absolute Gasteiger partial charge is 0.276 e. The highest BCUT2D eigenvalue weighted by Gasteiger charge is 2.12. The molecule has 0 saturated carbocycles. The zero-order valence-electron chi connectivity index (χ0n) is 13.0. The lowest BCUT2D eigenvalue weighted by molar-refractivity contribution is 0.415. The molecule has 3 rings (SSSR count). The maximum Gasteiger partial charge on any atom is 0.276 e. The standard InChI is InChI=1S/C18H16N2O3S/c1-23-18-12-11-14-7-5-6-10-16(14)17(18)13-19-20-24(21,22)15-8-3-2-4-9-15/h2-13,20H,1H3. The second kappa shape index (κ2) is 6.72. The predicted octanol–water partition coefficient (Wildman–Crippen LogP) is 3.16. The van der Waals surface area contributed by atoms with Crippen LogP contribution in [0.4, 0.5) is 0 Å². The largest absolute Gasteiger partial charge is 0.496 e. The number of hydrogen-bond donors (Lipinski definition) is 1. The van der Waals surface area contributed by atoms with Gasteiger partial charge in [-0.2, -0.15) is 13.5 Å². The number of hydrogen-bond acceptors (Lipinski definition) is 4. The molecule has 0 amide bonds. The fraction of sp³-hybridized carbons (Fsp3) is 0.0556. The van der Waals surface area contributed by atoms with Crippen molar-refractivity contribution >= 4 is 27.0 Å². The van der Waals surface area contributed by atoms with Crippen molar-refractivity contribution in [1.82, 2.24) is 4.83 Å². The van der Waals surface area contributed by atoms with Crippen LogP contribution in [-0.2, 0) is 10.0 Å². The van der Waals surface area contributed by atoms with Gasteiger partial charge in [-0.1, -0.05) is 48.5 Å². The summed E-state index contributed by atoms with van der Waals surface area (Å²) in [6, 6.07) is 19.6. The molecule has 0 heterocycles. The SMILES string of the molecule is COc1ccc2ccccc2c1C=NNS(=O)(=O)c1ccccc1. The topological polar surface area (TPSA) is 67.8 Å². The van der Waals surface area contributed by atoms with E-state index in [1.807, 2.05) is 36.4 Å². The molecular weight excluding hydrogens is 324 g/mol. The Morgan fingerprint density at radius 2 is 1.67 bits per heavy atom. The van der Waals surface area contributed by atoms with Crippen LogP contribution in [0.1, 0.15) is 5.56 Å². The summed E-state index contributed by atoms with van der Waals surface area (Å²) in [6.45, 7) is 0. The third-order valence-corrected chi connectivity index (χ3v) is 4.81. The van der Waals surface area contributed by atoms with E-state index in [-0.39, 0.29) is 4.90 Å². The normalized spacial score (nSPS) is 11.7. The quantitative estimate of drug-likeness (QED) is 0.573. The molecule has 0 spiro atoms. The first-order chi connectivity index (χ1) is 11.6. The number of methoxy groups -OCH3 is 1. The summed E-state index contributed by atoms with van der Waals surface area (Å²) in [5.41, 5.74) is 0.714. The van der Waals surface area contributed by atoms with Gasteiger partial charge < -0.3 is 4.74 Å². The Bertz CT molecular complexity index is 984. The molecule has 122 valence electrons. The highest BCUT2D eigenvalue weighted by Crippen LogP contribution is 2.26. The molecule has 1 N–H and O–H groups in total. The number of benzene rings is 3. The summed E-state index contributed by atoms with van der Waals surface area (Å²) < 4.78 is 29.7. The number of nitrogens with one attached hydrogen (secondary N) is 1. The molecule has 0 bridgehead atoms. The van der Waals surface area contributed by atoms with Crippen LogP contribution in [0.5, 0.6) is 5.75 Å². The number of fused-ring (bicyclic) bond motifs is 1. The van der Waals surface area contributed by atoms with Crippen molar-refractivity contribution in [3.8, 4) is 5.75 Å². The molecule has 24 heavy (non-hydrogen) atoms. The molecule has 0 aliphatic rings. The minimum atomic E-state index is -3.69. The van der Waals surface area contributed by atoms with Crippen LogP contribution in [0, 0.1) is 0 Å². The number of hydrazone groups is 1. The highest BCUT2D eigenvalue weighted by atomic mass is 32.2. The first-order valence-electron chi connectivity index (χ1n) is 7.27. The van der Waals surface area contributed by atoms with Gasteiger partial charge in [-0.25, -0.2) is 4.83 Å². The van der Waals surface area contributed by atoms with Gasteiger partial charge in [0.1, 0.15) is 5.75 Å². The predicted molar refractivity (Wildman–Crippen MR) is 94.9 cm³/mol. The fourth-order valence-electron chi connectivity index (χ4n) is 2.40. The van der Waals surface area contributed by atoms with Crippen LogP contribution in [0.3, 0.4) is 0 Å². The lowest BCUT2D eigenvalue weighted by Gasteiger charge is -2.08. The summed E-state index contributed by atoms with van der Waals surface area (Å²) in [6.07, 6.45) is 1.46. The van der Waals surface area contributed by atoms with Gasteiger partial charge in [0.05, 0.1) is 18.2 Å². The van der Waals surface area contributed by atoms with Crippen molar-refractivity contribution in [2.24, 2.45) is 5.10 Å². The molecule has 0 unspecified atom stereocenters. The molecule has 3 aromatic carbocycles. The maximum atomic E-state index is 12.2. The fourth-order valence-corrected chi connectivity index (χ4v) is 3.21. The molecule has 0 aromatic heterocycles. The Kier molecular flexibility index (Phi) is 4.48. The Hall–Kier alpha value is -2.86. The zero-order chi connectivity index (χ0) is 17.0. The first kappa shape index (κ1) is 16.0. The lowest BCUT2D eigenvalue weighted by atomic mass is 10.0. The van der Waals surface area contributed by atoms with E-state index in [1.54, 1.807) is 25.3 Å². The van der Waals surface area contributed by atoms with Crippen molar-refractivity contribution in [3.63, 3.8) is 0 Å². The van der Waals surface area contributed by atoms with E-state index in [0.29, 0.717) is 11.3 Å². The Labute approximate surface area is 140 Å². The van der Waals surface area contributed by atoms with Crippen molar-refractivity contribution < 1.29 is 13.2 Å². The van der Waals surface area contributed by atoms with Gasteiger partial charge in [0.25, 0.3) is 10.0 Å². The molecule has 0 fully saturated rings. The summed E-state index contributed by atoms with van der Waals surface area (Å²) in [5.74, 6) is 0.622. The molecule has 0 aliphatic carbocycles. The average molecular weight is 340 g/mol. The summed E-state index contributed by atoms with van der Waals surface area (Å²) in [7, 11) is -2.13. The van der Waals surface area contributed by atoms with Gasteiger partial charge >= 0.3 is 0 Å². The number of ether oxygens (including phenoxy) is 1. The van der Waals surface area contributed by atoms with E-state index in [1.165, 1.54) is 18.3 Å². The monoisotopic (exact) mass is 340 g/mol. The number of nitrogens with zero attached hydrogens (tertiary/aromatic N) is 1. The third kappa shape index (κ3) is 3.23. The van der Waals surface area contributed by atoms with Gasteiger partial charge in [-0.15, -0.1) is 0 Å². The Morgan fingerprint density at radius 3 is 2.42 bits per heavy atom. The summed E-state index contributed by atoms with van der Waals surface area (Å²) in [4.78, 5) is 2.39. The molecular formula is C18H16N2O3S. The van der Waals surface area contributed by atoms with Crippen molar-refractivity contribution in [3.05, 3.63) is 72.3 Å². The molecule has 5 nitrogen and oxygen atoms in total. The van der Waals surface area contributed by atoms with Gasteiger partial charge in [-0.05, 0) is 29.0 Å². The van der Waals surface area contributed by atoms with Crippen molar-refractivity contribution in [1.29, 1.82) is 0 Å². The summed E-state index contributed by atoms with van der Waals surface area (Å²) >= 11 is 0. The Morgan fingerprint density at radius 1 is 0.958 bits per heavy atom. The van der Waals surface area contributed by atoms with Crippen molar-refractivity contribution in [2.75, 3.05) is 7.11 Å². The molecule has 6 heteroatoms. The molecule has 0 aliphatic heterocycles. The van der Waals surface area contributed by atoms with Crippen molar-refractivity contribution in [2.45, 2.75) is 4.90 Å². The molecule has 0 saturated heterocycles. The van der Waals surface area contributed by atoms with Crippen LogP contribution in [0.2, 0.25) is 0 Å². The van der Waals surface area contributed by atoms with Gasteiger partial charge in [0, 0.05) is 5.56 Å². The molecule has 0 radical (unpaired) electrons. The number of rotatable bonds is 5. The highest BCUT2D eigenvalue weighted by molar-refractivity contribution is 7.89. The summed E-state index contributed by atoms with van der Waals surface area (Å²) in [5, 5.41) is 5.85. The van der Waals surface area contributed by atoms with E-state index in [4.69, 9.17) is 4.74 Å². The molecule has 0 atom stereocenters. The van der Waals surface area contributed by atoms with Gasteiger partial charge in [0.15, 0.2) is 0 Å². The minimum absolute atomic E-state index is 0.159. The van der Waals surface area contributed by atoms with E-state index in [9.17, 15) is 8.42 Å². The second-order valence-electron chi connectivity index (χ2n) is 5.07. The Balaban J connectivity index is 1.94.